The van der Waals surface area contributed by atoms with Crippen LogP contribution < -0.4 is 10.2 Å². The molecule has 0 bridgehead atoms. The Morgan fingerprint density at radius 2 is 2.10 bits per heavy atom. The average Bonchev–Trinajstić information content (AvgIpc) is 3.21. The van der Waals surface area contributed by atoms with E-state index in [9.17, 15) is 0 Å². The summed E-state index contributed by atoms with van der Waals surface area (Å²) in [6, 6.07) is 3.67. The van der Waals surface area contributed by atoms with E-state index in [0.29, 0.717) is 6.04 Å². The second-order valence-electron chi connectivity index (χ2n) is 6.78. The molecule has 2 fully saturated rings. The van der Waals surface area contributed by atoms with Gasteiger partial charge in [-0.05, 0) is 51.5 Å². The summed E-state index contributed by atoms with van der Waals surface area (Å²) in [5.74, 6) is 0.859. The summed E-state index contributed by atoms with van der Waals surface area (Å²) in [4.78, 5) is 7.10. The minimum absolute atomic E-state index is 0.639. The number of aromatic nitrogens is 1. The van der Waals surface area contributed by atoms with Gasteiger partial charge in [0.05, 0.1) is 0 Å². The summed E-state index contributed by atoms with van der Waals surface area (Å²) in [5.41, 5.74) is 3.90. The van der Waals surface area contributed by atoms with Crippen LogP contribution in [-0.2, 0) is 6.54 Å². The highest BCUT2D eigenvalue weighted by atomic mass is 15.2. The zero-order chi connectivity index (χ0) is 14.1. The Morgan fingerprint density at radius 1 is 1.30 bits per heavy atom. The van der Waals surface area contributed by atoms with Crippen molar-refractivity contribution in [2.24, 2.45) is 5.92 Å². The summed E-state index contributed by atoms with van der Waals surface area (Å²) in [5, 5.41) is 3.63. The standard InChI is InChI=1S/C17H27N3/c1-12-6-7-20(14(3)8-12)17-9-13(2)18-10-15(17)11-19-16-4-5-16/h9-10,12,14,16,19H,4-8,11H2,1-3H3. The number of aryl methyl sites for hydroxylation is 1. The number of piperidine rings is 1. The third-order valence-corrected chi connectivity index (χ3v) is 4.70. The van der Waals surface area contributed by atoms with Gasteiger partial charge >= 0.3 is 0 Å². The van der Waals surface area contributed by atoms with Gasteiger partial charge in [-0.3, -0.25) is 4.98 Å². The van der Waals surface area contributed by atoms with Crippen molar-refractivity contribution in [3.63, 3.8) is 0 Å². The molecule has 20 heavy (non-hydrogen) atoms. The first-order chi connectivity index (χ1) is 9.63. The molecule has 1 aliphatic carbocycles. The van der Waals surface area contributed by atoms with E-state index in [1.165, 1.54) is 43.5 Å². The fourth-order valence-electron chi connectivity index (χ4n) is 3.28. The van der Waals surface area contributed by atoms with Gasteiger partial charge in [-0.2, -0.15) is 0 Å². The molecule has 3 nitrogen and oxygen atoms in total. The third-order valence-electron chi connectivity index (χ3n) is 4.70. The zero-order valence-corrected chi connectivity index (χ0v) is 13.0. The molecule has 2 atom stereocenters. The Hall–Kier alpha value is -1.09. The van der Waals surface area contributed by atoms with Crippen LogP contribution in [0.3, 0.4) is 0 Å². The second-order valence-corrected chi connectivity index (χ2v) is 6.78. The summed E-state index contributed by atoms with van der Waals surface area (Å²) >= 11 is 0. The smallest absolute Gasteiger partial charge is 0.0447 e. The summed E-state index contributed by atoms with van der Waals surface area (Å²) in [6.07, 6.45) is 7.36. The third kappa shape index (κ3) is 3.14. The number of nitrogens with one attached hydrogen (secondary N) is 1. The van der Waals surface area contributed by atoms with E-state index in [1.54, 1.807) is 0 Å². The highest BCUT2D eigenvalue weighted by Gasteiger charge is 2.26. The van der Waals surface area contributed by atoms with Crippen molar-refractivity contribution in [2.75, 3.05) is 11.4 Å². The molecule has 1 aromatic heterocycles. The normalized spacial score (nSPS) is 26.9. The molecule has 0 amide bonds. The second kappa shape index (κ2) is 5.72. The highest BCUT2D eigenvalue weighted by Crippen LogP contribution is 2.31. The Bertz CT molecular complexity index is 467. The minimum Gasteiger partial charge on any atom is -0.368 e. The van der Waals surface area contributed by atoms with E-state index in [0.717, 1.165) is 24.2 Å². The fourth-order valence-corrected chi connectivity index (χ4v) is 3.28. The number of rotatable bonds is 4. The lowest BCUT2D eigenvalue weighted by Gasteiger charge is -2.39. The SMILES string of the molecule is Cc1cc(N2CCC(C)CC2C)c(CNC2CC2)cn1. The van der Waals surface area contributed by atoms with Gasteiger partial charge in [-0.25, -0.2) is 0 Å². The van der Waals surface area contributed by atoms with Crippen LogP contribution in [0.5, 0.6) is 0 Å². The molecule has 1 aliphatic heterocycles. The van der Waals surface area contributed by atoms with Crippen molar-refractivity contribution in [3.8, 4) is 0 Å². The molecule has 3 rings (SSSR count). The summed E-state index contributed by atoms with van der Waals surface area (Å²) < 4.78 is 0. The molecule has 0 spiro atoms. The van der Waals surface area contributed by atoms with E-state index in [1.807, 2.05) is 0 Å². The van der Waals surface area contributed by atoms with Crippen molar-refractivity contribution in [3.05, 3.63) is 23.5 Å². The van der Waals surface area contributed by atoms with Crippen molar-refractivity contribution in [1.29, 1.82) is 0 Å². The highest BCUT2D eigenvalue weighted by molar-refractivity contribution is 5.54. The van der Waals surface area contributed by atoms with E-state index in [-0.39, 0.29) is 0 Å². The number of pyridine rings is 1. The van der Waals surface area contributed by atoms with Crippen molar-refractivity contribution in [2.45, 2.75) is 65.1 Å². The lowest BCUT2D eigenvalue weighted by atomic mass is 9.92. The number of anilines is 1. The fraction of sp³-hybridized carbons (Fsp3) is 0.706. The molecule has 1 N–H and O–H groups in total. The van der Waals surface area contributed by atoms with Crippen LogP contribution in [0.25, 0.3) is 0 Å². The maximum atomic E-state index is 4.51. The molecular formula is C17H27N3. The molecule has 110 valence electrons. The first kappa shape index (κ1) is 13.9. The first-order valence-corrected chi connectivity index (χ1v) is 8.09. The van der Waals surface area contributed by atoms with Gasteiger partial charge in [0.25, 0.3) is 0 Å². The largest absolute Gasteiger partial charge is 0.368 e. The Balaban J connectivity index is 1.80. The Kier molecular flexibility index (Phi) is 3.97. The molecule has 1 saturated heterocycles. The lowest BCUT2D eigenvalue weighted by Crippen LogP contribution is -2.41. The quantitative estimate of drug-likeness (QED) is 0.912. The van der Waals surface area contributed by atoms with Gasteiger partial charge < -0.3 is 10.2 Å². The van der Waals surface area contributed by atoms with Gasteiger partial charge in [0.15, 0.2) is 0 Å². The molecule has 3 heteroatoms. The van der Waals surface area contributed by atoms with E-state index in [4.69, 9.17) is 0 Å². The molecule has 0 aromatic carbocycles. The van der Waals surface area contributed by atoms with E-state index < -0.39 is 0 Å². The predicted molar refractivity (Wildman–Crippen MR) is 84.0 cm³/mol. The van der Waals surface area contributed by atoms with E-state index >= 15 is 0 Å². The average molecular weight is 273 g/mol. The van der Waals surface area contributed by atoms with Crippen LogP contribution in [0.1, 0.15) is 50.8 Å². The van der Waals surface area contributed by atoms with Crippen molar-refractivity contribution in [1.82, 2.24) is 10.3 Å². The van der Waals surface area contributed by atoms with Crippen LogP contribution in [0, 0.1) is 12.8 Å². The van der Waals surface area contributed by atoms with Crippen LogP contribution in [0.15, 0.2) is 12.3 Å². The number of hydrogen-bond donors (Lipinski definition) is 1. The van der Waals surface area contributed by atoms with Crippen LogP contribution >= 0.6 is 0 Å². The lowest BCUT2D eigenvalue weighted by molar-refractivity contribution is 0.377. The minimum atomic E-state index is 0.639. The van der Waals surface area contributed by atoms with Crippen LogP contribution in [0.2, 0.25) is 0 Å². The van der Waals surface area contributed by atoms with Gasteiger partial charge in [-0.1, -0.05) is 6.92 Å². The topological polar surface area (TPSA) is 28.2 Å². The molecule has 1 saturated carbocycles. The van der Waals surface area contributed by atoms with Crippen molar-refractivity contribution < 1.29 is 0 Å². The van der Waals surface area contributed by atoms with Crippen LogP contribution in [-0.4, -0.2) is 23.6 Å². The molecule has 0 radical (unpaired) electrons. The molecule has 2 unspecified atom stereocenters. The first-order valence-electron chi connectivity index (χ1n) is 8.09. The Morgan fingerprint density at radius 3 is 2.80 bits per heavy atom. The maximum Gasteiger partial charge on any atom is 0.0447 e. The van der Waals surface area contributed by atoms with Gasteiger partial charge in [0, 0.05) is 48.3 Å². The molecule has 2 aliphatic rings. The van der Waals surface area contributed by atoms with Crippen LogP contribution in [0.4, 0.5) is 5.69 Å². The molecule has 1 aromatic rings. The van der Waals surface area contributed by atoms with Gasteiger partial charge in [0.1, 0.15) is 0 Å². The van der Waals surface area contributed by atoms with Gasteiger partial charge in [0.2, 0.25) is 0 Å². The zero-order valence-electron chi connectivity index (χ0n) is 13.0. The summed E-state index contributed by atoms with van der Waals surface area (Å²) in [7, 11) is 0. The maximum absolute atomic E-state index is 4.51. The molecular weight excluding hydrogens is 246 g/mol. The van der Waals surface area contributed by atoms with Crippen molar-refractivity contribution >= 4 is 5.69 Å². The summed E-state index contributed by atoms with van der Waals surface area (Å²) in [6.45, 7) is 8.98. The van der Waals surface area contributed by atoms with Gasteiger partial charge in [-0.15, -0.1) is 0 Å². The molecule has 2 heterocycles. The number of hydrogen-bond acceptors (Lipinski definition) is 3. The van der Waals surface area contributed by atoms with E-state index in [2.05, 4.69) is 48.2 Å². The Labute approximate surface area is 122 Å². The monoisotopic (exact) mass is 273 g/mol. The predicted octanol–water partition coefficient (Wildman–Crippen LogP) is 3.27. The number of nitrogens with zero attached hydrogens (tertiary/aromatic N) is 2.